The highest BCUT2D eigenvalue weighted by atomic mass is 15.3. The van der Waals surface area contributed by atoms with E-state index in [0.29, 0.717) is 0 Å². The van der Waals surface area contributed by atoms with Crippen LogP contribution in [-0.4, -0.2) is 16.3 Å². The monoisotopic (exact) mass is 224 g/mol. The van der Waals surface area contributed by atoms with E-state index >= 15 is 0 Å². The van der Waals surface area contributed by atoms with E-state index in [1.54, 1.807) is 0 Å². The van der Waals surface area contributed by atoms with E-state index in [0.717, 1.165) is 30.3 Å². The molecule has 1 aromatic rings. The molecule has 0 aliphatic heterocycles. The fourth-order valence-electron chi connectivity index (χ4n) is 1.77. The van der Waals surface area contributed by atoms with Crippen molar-refractivity contribution in [3.05, 3.63) is 5.69 Å². The molecule has 0 spiro atoms. The Balaban J connectivity index is 2.46. The van der Waals surface area contributed by atoms with Crippen LogP contribution in [0.5, 0.6) is 0 Å². The maximum atomic E-state index is 5.97. The number of aromatic nitrogens is 2. The Kier molecular flexibility index (Phi) is 5.15. The topological polar surface area (TPSA) is 55.9 Å². The predicted molar refractivity (Wildman–Crippen MR) is 69.7 cm³/mol. The molecule has 0 saturated heterocycles. The molecule has 0 fully saturated rings. The number of nitrogen functional groups attached to an aromatic ring is 1. The Morgan fingerprint density at radius 1 is 1.25 bits per heavy atom. The van der Waals surface area contributed by atoms with E-state index in [-0.39, 0.29) is 0 Å². The first-order chi connectivity index (χ1) is 7.70. The number of anilines is 2. The molecule has 1 rings (SSSR count). The van der Waals surface area contributed by atoms with Gasteiger partial charge in [0.25, 0.3) is 0 Å². The largest absolute Gasteiger partial charge is 0.394 e. The summed E-state index contributed by atoms with van der Waals surface area (Å²) in [5.41, 5.74) is 7.68. The highest BCUT2D eigenvalue weighted by Gasteiger charge is 2.09. The van der Waals surface area contributed by atoms with Crippen molar-refractivity contribution in [1.29, 1.82) is 0 Å². The number of nitrogens with one attached hydrogen (secondary N) is 1. The number of hydrogen-bond acceptors (Lipinski definition) is 3. The summed E-state index contributed by atoms with van der Waals surface area (Å²) in [6.07, 6.45) is 5.06. The van der Waals surface area contributed by atoms with Crippen LogP contribution in [0.4, 0.5) is 11.5 Å². The lowest BCUT2D eigenvalue weighted by Crippen LogP contribution is -2.09. The average molecular weight is 224 g/mol. The molecule has 4 nitrogen and oxygen atoms in total. The molecule has 1 heterocycles. The van der Waals surface area contributed by atoms with Crippen LogP contribution in [0.1, 0.15) is 45.2 Å². The van der Waals surface area contributed by atoms with Crippen LogP contribution in [0.3, 0.4) is 0 Å². The molecule has 0 aromatic carbocycles. The molecule has 1 aromatic heterocycles. The number of nitrogens with two attached hydrogens (primary N) is 1. The zero-order chi connectivity index (χ0) is 12.0. The summed E-state index contributed by atoms with van der Waals surface area (Å²) in [5, 5.41) is 7.76. The van der Waals surface area contributed by atoms with Gasteiger partial charge >= 0.3 is 0 Å². The SMILES string of the molecule is CCCCCCNc1c(N)c(C)nn1CC. The van der Waals surface area contributed by atoms with Crippen molar-refractivity contribution in [2.45, 2.75) is 53.0 Å². The number of nitrogens with zero attached hydrogens (tertiary/aromatic N) is 2. The highest BCUT2D eigenvalue weighted by molar-refractivity contribution is 5.64. The minimum Gasteiger partial charge on any atom is -0.394 e. The van der Waals surface area contributed by atoms with Gasteiger partial charge in [-0.1, -0.05) is 26.2 Å². The quantitative estimate of drug-likeness (QED) is 0.700. The maximum absolute atomic E-state index is 5.97. The van der Waals surface area contributed by atoms with Gasteiger partial charge in [0.1, 0.15) is 5.82 Å². The van der Waals surface area contributed by atoms with Crippen LogP contribution < -0.4 is 11.1 Å². The molecule has 0 atom stereocenters. The first-order valence-corrected chi connectivity index (χ1v) is 6.27. The lowest BCUT2D eigenvalue weighted by atomic mass is 10.2. The third-order valence-corrected chi connectivity index (χ3v) is 2.80. The number of rotatable bonds is 7. The fourth-order valence-corrected chi connectivity index (χ4v) is 1.77. The van der Waals surface area contributed by atoms with Gasteiger partial charge in [-0.05, 0) is 20.3 Å². The van der Waals surface area contributed by atoms with Gasteiger partial charge in [-0.25, -0.2) is 4.68 Å². The molecule has 4 heteroatoms. The second kappa shape index (κ2) is 6.40. The Bertz CT molecular complexity index is 317. The van der Waals surface area contributed by atoms with E-state index in [2.05, 4.69) is 24.3 Å². The lowest BCUT2D eigenvalue weighted by Gasteiger charge is -2.08. The molecule has 3 N–H and O–H groups in total. The average Bonchev–Trinajstić information content (AvgIpc) is 2.56. The summed E-state index contributed by atoms with van der Waals surface area (Å²) >= 11 is 0. The van der Waals surface area contributed by atoms with Crippen molar-refractivity contribution in [1.82, 2.24) is 9.78 Å². The summed E-state index contributed by atoms with van der Waals surface area (Å²) in [4.78, 5) is 0. The second-order valence-corrected chi connectivity index (χ2v) is 4.15. The second-order valence-electron chi connectivity index (χ2n) is 4.15. The van der Waals surface area contributed by atoms with Gasteiger partial charge in [0.05, 0.1) is 11.4 Å². The molecule has 16 heavy (non-hydrogen) atoms. The third kappa shape index (κ3) is 3.15. The van der Waals surface area contributed by atoms with Crippen molar-refractivity contribution < 1.29 is 0 Å². The van der Waals surface area contributed by atoms with E-state index in [4.69, 9.17) is 5.73 Å². The zero-order valence-corrected chi connectivity index (χ0v) is 10.7. The number of unbranched alkanes of at least 4 members (excludes halogenated alkanes) is 3. The minimum absolute atomic E-state index is 0.789. The first-order valence-electron chi connectivity index (χ1n) is 6.27. The fraction of sp³-hybridized carbons (Fsp3) is 0.750. The Morgan fingerprint density at radius 2 is 2.00 bits per heavy atom. The summed E-state index contributed by atoms with van der Waals surface area (Å²) in [6.45, 7) is 8.09. The Morgan fingerprint density at radius 3 is 2.62 bits per heavy atom. The van der Waals surface area contributed by atoms with Crippen molar-refractivity contribution in [2.75, 3.05) is 17.6 Å². The van der Waals surface area contributed by atoms with Gasteiger partial charge in [0.15, 0.2) is 0 Å². The summed E-state index contributed by atoms with van der Waals surface area (Å²) in [7, 11) is 0. The van der Waals surface area contributed by atoms with E-state index in [9.17, 15) is 0 Å². The standard InChI is InChI=1S/C12H24N4/c1-4-6-7-8-9-14-12-11(13)10(3)15-16(12)5-2/h14H,4-9,13H2,1-3H3. The summed E-state index contributed by atoms with van der Waals surface area (Å²) in [5.74, 6) is 0.983. The zero-order valence-electron chi connectivity index (χ0n) is 10.7. The molecule has 0 aliphatic rings. The lowest BCUT2D eigenvalue weighted by molar-refractivity contribution is 0.648. The predicted octanol–water partition coefficient (Wildman–Crippen LogP) is 2.79. The molecule has 0 amide bonds. The van der Waals surface area contributed by atoms with E-state index in [1.165, 1.54) is 25.7 Å². The molecule has 0 radical (unpaired) electrons. The molecule has 0 unspecified atom stereocenters. The van der Waals surface area contributed by atoms with Crippen molar-refractivity contribution in [3.8, 4) is 0 Å². The molecular weight excluding hydrogens is 200 g/mol. The van der Waals surface area contributed by atoms with Gasteiger partial charge < -0.3 is 11.1 Å². The third-order valence-electron chi connectivity index (χ3n) is 2.80. The van der Waals surface area contributed by atoms with Crippen molar-refractivity contribution in [3.63, 3.8) is 0 Å². The normalized spacial score (nSPS) is 10.7. The number of hydrogen-bond donors (Lipinski definition) is 2. The molecule has 0 aliphatic carbocycles. The smallest absolute Gasteiger partial charge is 0.148 e. The molecule has 0 bridgehead atoms. The van der Waals surface area contributed by atoms with Gasteiger partial charge in [0.2, 0.25) is 0 Å². The molecule has 92 valence electrons. The molecular formula is C12H24N4. The van der Waals surface area contributed by atoms with Crippen LogP contribution >= 0.6 is 0 Å². The van der Waals surface area contributed by atoms with Gasteiger partial charge in [-0.2, -0.15) is 5.10 Å². The van der Waals surface area contributed by atoms with E-state index in [1.807, 2.05) is 11.6 Å². The summed E-state index contributed by atoms with van der Waals surface area (Å²) < 4.78 is 1.94. The van der Waals surface area contributed by atoms with Crippen LogP contribution in [0, 0.1) is 6.92 Å². The Labute approximate surface area is 98.2 Å². The van der Waals surface area contributed by atoms with Gasteiger partial charge in [-0.15, -0.1) is 0 Å². The van der Waals surface area contributed by atoms with Crippen LogP contribution in [-0.2, 0) is 6.54 Å². The first kappa shape index (κ1) is 12.9. The van der Waals surface area contributed by atoms with Gasteiger partial charge in [0, 0.05) is 13.1 Å². The van der Waals surface area contributed by atoms with Crippen molar-refractivity contribution >= 4 is 11.5 Å². The van der Waals surface area contributed by atoms with Crippen LogP contribution in [0.2, 0.25) is 0 Å². The summed E-state index contributed by atoms with van der Waals surface area (Å²) in [6, 6.07) is 0. The number of aryl methyl sites for hydroxylation is 2. The minimum atomic E-state index is 0.789. The Hall–Kier alpha value is -1.19. The van der Waals surface area contributed by atoms with Crippen LogP contribution in [0.25, 0.3) is 0 Å². The highest BCUT2D eigenvalue weighted by Crippen LogP contribution is 2.21. The van der Waals surface area contributed by atoms with Gasteiger partial charge in [-0.3, -0.25) is 0 Å². The molecule has 0 saturated carbocycles. The maximum Gasteiger partial charge on any atom is 0.148 e. The van der Waals surface area contributed by atoms with Crippen molar-refractivity contribution in [2.24, 2.45) is 0 Å². The van der Waals surface area contributed by atoms with Crippen LogP contribution in [0.15, 0.2) is 0 Å². The van der Waals surface area contributed by atoms with E-state index < -0.39 is 0 Å².